The van der Waals surface area contributed by atoms with E-state index in [1.165, 1.54) is 18.0 Å². The van der Waals surface area contributed by atoms with Crippen molar-refractivity contribution < 1.29 is 18.7 Å². The number of carbonyl (C=O) groups excluding carboxylic acids is 1. The number of hydrogen-bond donors (Lipinski definition) is 1. The lowest BCUT2D eigenvalue weighted by Gasteiger charge is -2.20. The molecule has 28 heavy (non-hydrogen) atoms. The quantitative estimate of drug-likeness (QED) is 0.720. The van der Waals surface area contributed by atoms with Crippen molar-refractivity contribution in [3.05, 3.63) is 51.4 Å². The van der Waals surface area contributed by atoms with Crippen molar-refractivity contribution >= 4 is 22.0 Å². The first kappa shape index (κ1) is 21.7. The van der Waals surface area contributed by atoms with Crippen molar-refractivity contribution in [2.24, 2.45) is 0 Å². The molecule has 8 nitrogen and oxygen atoms in total. The first-order chi connectivity index (χ1) is 13.1. The van der Waals surface area contributed by atoms with E-state index in [2.05, 4.69) is 26.3 Å². The maximum absolute atomic E-state index is 13.2. The number of ether oxygens (including phenoxy) is 2. The first-order valence-corrected chi connectivity index (χ1v) is 9.15. The second kappa shape index (κ2) is 9.05. The van der Waals surface area contributed by atoms with Crippen molar-refractivity contribution in [2.45, 2.75) is 32.9 Å². The molecule has 0 aliphatic rings. The number of benzene rings is 1. The third kappa shape index (κ3) is 5.69. The summed E-state index contributed by atoms with van der Waals surface area (Å²) >= 11 is 3.35. The third-order valence-corrected chi connectivity index (χ3v) is 4.17. The van der Waals surface area contributed by atoms with Gasteiger partial charge in [0.25, 0.3) is 0 Å². The number of rotatable bonds is 6. The van der Waals surface area contributed by atoms with Crippen LogP contribution < -0.4 is 15.7 Å². The molecule has 2 rings (SSSR count). The Labute approximate surface area is 170 Å². The summed E-state index contributed by atoms with van der Waals surface area (Å²) in [5.41, 5.74) is -0.312. The third-order valence-electron chi connectivity index (χ3n) is 3.52. The zero-order valence-electron chi connectivity index (χ0n) is 16.0. The van der Waals surface area contributed by atoms with E-state index in [1.54, 1.807) is 39.0 Å². The molecule has 0 bridgehead atoms. The molecule has 0 aliphatic heterocycles. The summed E-state index contributed by atoms with van der Waals surface area (Å²) in [6.07, 6.45) is 0.957. The van der Waals surface area contributed by atoms with Crippen molar-refractivity contribution in [1.29, 1.82) is 0 Å². The zero-order valence-corrected chi connectivity index (χ0v) is 17.6. The van der Waals surface area contributed by atoms with Gasteiger partial charge in [0.15, 0.2) is 0 Å². The molecular weight excluding hydrogens is 435 g/mol. The van der Waals surface area contributed by atoms with Crippen LogP contribution in [0.25, 0.3) is 5.69 Å². The van der Waals surface area contributed by atoms with Crippen molar-refractivity contribution in [2.75, 3.05) is 13.7 Å². The minimum absolute atomic E-state index is 0.0878. The zero-order chi connectivity index (χ0) is 20.9. The number of hydrogen-bond acceptors (Lipinski definition) is 5. The number of nitrogens with zero attached hydrogens (tertiary/aromatic N) is 3. The lowest BCUT2D eigenvalue weighted by molar-refractivity contribution is 0.145. The molecule has 1 heterocycles. The van der Waals surface area contributed by atoms with Gasteiger partial charge in [0.2, 0.25) is 0 Å². The van der Waals surface area contributed by atoms with E-state index >= 15 is 0 Å². The topological polar surface area (TPSA) is 87.4 Å². The van der Waals surface area contributed by atoms with Gasteiger partial charge < -0.3 is 14.8 Å². The number of alkyl carbamates (subject to hydrolysis) is 1. The van der Waals surface area contributed by atoms with Gasteiger partial charge in [0.05, 0.1) is 30.1 Å². The molecular formula is C18H22BrFN4O4. The van der Waals surface area contributed by atoms with Crippen molar-refractivity contribution in [3.8, 4) is 11.4 Å². The number of carbonyl (C=O) groups is 1. The van der Waals surface area contributed by atoms with Crippen LogP contribution in [0.1, 0.15) is 20.8 Å². The molecule has 1 N–H and O–H groups in total. The summed E-state index contributed by atoms with van der Waals surface area (Å²) in [5, 5.41) is 6.60. The minimum atomic E-state index is -0.674. The fourth-order valence-electron chi connectivity index (χ4n) is 2.23. The number of nitrogens with one attached hydrogen (secondary N) is 1. The lowest BCUT2D eigenvalue weighted by Crippen LogP contribution is -2.41. The molecule has 0 atom stereocenters. The lowest BCUT2D eigenvalue weighted by atomic mass is 10.1. The molecule has 152 valence electrons. The van der Waals surface area contributed by atoms with Crippen LogP contribution in [0.15, 0.2) is 45.7 Å². The van der Waals surface area contributed by atoms with Gasteiger partial charge >= 0.3 is 11.8 Å². The van der Waals surface area contributed by atoms with Gasteiger partial charge in [0.1, 0.15) is 18.7 Å². The van der Waals surface area contributed by atoms with Gasteiger partial charge in [-0.15, -0.1) is 0 Å². The molecule has 0 saturated heterocycles. The molecule has 1 aromatic heterocycles. The van der Waals surface area contributed by atoms with Crippen LogP contribution in [0.2, 0.25) is 0 Å². The van der Waals surface area contributed by atoms with Crippen LogP contribution in [0, 0.1) is 0 Å². The average Bonchev–Trinajstić information content (AvgIpc) is 2.98. The SMILES string of the molecule is COc1cc(-n2cnn(C/C(=C/F)COC(=O)NC(C)(C)C)c2=O)ccc1Br. The second-order valence-corrected chi connectivity index (χ2v) is 7.83. The summed E-state index contributed by atoms with van der Waals surface area (Å²) < 4.78 is 26.5. The Kier molecular flexibility index (Phi) is 7.00. The van der Waals surface area contributed by atoms with Crippen LogP contribution >= 0.6 is 15.9 Å². The van der Waals surface area contributed by atoms with E-state index in [9.17, 15) is 14.0 Å². The smallest absolute Gasteiger partial charge is 0.407 e. The largest absolute Gasteiger partial charge is 0.495 e. The van der Waals surface area contributed by atoms with Crippen LogP contribution in [0.5, 0.6) is 5.75 Å². The number of halogens is 2. The van der Waals surface area contributed by atoms with E-state index in [1.807, 2.05) is 0 Å². The Bertz CT molecular complexity index is 930. The summed E-state index contributed by atoms with van der Waals surface area (Å²) in [4.78, 5) is 24.3. The van der Waals surface area contributed by atoms with E-state index in [0.29, 0.717) is 17.8 Å². The van der Waals surface area contributed by atoms with E-state index in [-0.39, 0.29) is 18.7 Å². The fraction of sp³-hybridized carbons (Fsp3) is 0.389. The van der Waals surface area contributed by atoms with E-state index in [4.69, 9.17) is 9.47 Å². The number of methoxy groups -OCH3 is 1. The summed E-state index contributed by atoms with van der Waals surface area (Å²) in [5.74, 6) is 0.555. The molecule has 10 heteroatoms. The standard InChI is InChI=1S/C18H22BrFN4O4/c1-18(2,3)22-16(25)28-10-12(8-20)9-24-17(26)23(11-21-24)13-5-6-14(19)15(7-13)27-4/h5-8,11H,9-10H2,1-4H3,(H,22,25)/b12-8-. The fourth-order valence-corrected chi connectivity index (χ4v) is 2.63. The monoisotopic (exact) mass is 456 g/mol. The number of amides is 1. The van der Waals surface area contributed by atoms with Gasteiger partial charge in [-0.25, -0.2) is 23.2 Å². The highest BCUT2D eigenvalue weighted by Gasteiger charge is 2.16. The van der Waals surface area contributed by atoms with Crippen LogP contribution in [-0.4, -0.2) is 39.7 Å². The molecule has 0 radical (unpaired) electrons. The number of aromatic nitrogens is 3. The van der Waals surface area contributed by atoms with Crippen molar-refractivity contribution in [1.82, 2.24) is 19.7 Å². The average molecular weight is 457 g/mol. The van der Waals surface area contributed by atoms with Gasteiger partial charge in [-0.05, 0) is 48.8 Å². The first-order valence-electron chi connectivity index (χ1n) is 8.36. The molecule has 0 fully saturated rings. The van der Waals surface area contributed by atoms with Crippen LogP contribution in [0.3, 0.4) is 0 Å². The predicted molar refractivity (Wildman–Crippen MR) is 106 cm³/mol. The molecule has 1 amide bonds. The van der Waals surface area contributed by atoms with Gasteiger partial charge in [-0.1, -0.05) is 0 Å². The molecule has 0 aliphatic carbocycles. The predicted octanol–water partition coefficient (Wildman–Crippen LogP) is 3.18. The Balaban J connectivity index is 2.11. The maximum atomic E-state index is 13.2. The second-order valence-electron chi connectivity index (χ2n) is 6.98. The van der Waals surface area contributed by atoms with Crippen molar-refractivity contribution in [3.63, 3.8) is 0 Å². The Morgan fingerprint density at radius 1 is 1.39 bits per heavy atom. The molecule has 1 aromatic carbocycles. The minimum Gasteiger partial charge on any atom is -0.495 e. The van der Waals surface area contributed by atoms with Gasteiger partial charge in [-0.2, -0.15) is 5.10 Å². The molecule has 0 saturated carbocycles. The normalized spacial score (nSPS) is 12.0. The highest BCUT2D eigenvalue weighted by molar-refractivity contribution is 9.10. The molecule has 0 unspecified atom stereocenters. The van der Waals surface area contributed by atoms with Gasteiger partial charge in [-0.3, -0.25) is 0 Å². The van der Waals surface area contributed by atoms with Crippen LogP contribution in [0.4, 0.5) is 9.18 Å². The maximum Gasteiger partial charge on any atom is 0.407 e. The highest BCUT2D eigenvalue weighted by Crippen LogP contribution is 2.26. The summed E-state index contributed by atoms with van der Waals surface area (Å²) in [6.45, 7) is 4.93. The Morgan fingerprint density at radius 3 is 2.71 bits per heavy atom. The highest BCUT2D eigenvalue weighted by atomic mass is 79.9. The summed E-state index contributed by atoms with van der Waals surface area (Å²) in [6, 6.07) is 5.13. The summed E-state index contributed by atoms with van der Waals surface area (Å²) in [7, 11) is 1.52. The molecule has 0 spiro atoms. The molecule has 2 aromatic rings. The van der Waals surface area contributed by atoms with Crippen LogP contribution in [-0.2, 0) is 11.3 Å². The Morgan fingerprint density at radius 2 is 2.11 bits per heavy atom. The van der Waals surface area contributed by atoms with Gasteiger partial charge in [0, 0.05) is 17.2 Å². The van der Waals surface area contributed by atoms with E-state index in [0.717, 1.165) is 9.15 Å². The Hall–Kier alpha value is -2.62. The van der Waals surface area contributed by atoms with E-state index < -0.39 is 17.3 Å².